The summed E-state index contributed by atoms with van der Waals surface area (Å²) in [6, 6.07) is 4.56. The molecule has 0 saturated heterocycles. The van der Waals surface area contributed by atoms with Crippen LogP contribution in [0.3, 0.4) is 0 Å². The number of hydrogen-bond acceptors (Lipinski definition) is 4. The SMILES string of the molecule is CCOc1cc(CNC(=O)C2(N)CC2)ccc1OC(F)F. The lowest BCUT2D eigenvalue weighted by Gasteiger charge is -2.14. The summed E-state index contributed by atoms with van der Waals surface area (Å²) in [5.74, 6) is -0.00814. The van der Waals surface area contributed by atoms with Crippen molar-refractivity contribution >= 4 is 5.91 Å². The average molecular weight is 300 g/mol. The average Bonchev–Trinajstić information content (AvgIpc) is 3.18. The lowest BCUT2D eigenvalue weighted by atomic mass is 10.2. The molecule has 1 aromatic carbocycles. The normalized spacial score (nSPS) is 15.7. The van der Waals surface area contributed by atoms with Gasteiger partial charge in [-0.1, -0.05) is 6.07 Å². The Bertz CT molecular complexity index is 519. The second-order valence-corrected chi connectivity index (χ2v) is 4.93. The molecule has 1 saturated carbocycles. The Kier molecular flexibility index (Phi) is 4.62. The lowest BCUT2D eigenvalue weighted by Crippen LogP contribution is -2.42. The van der Waals surface area contributed by atoms with Crippen LogP contribution in [0.1, 0.15) is 25.3 Å². The molecular weight excluding hydrogens is 282 g/mol. The van der Waals surface area contributed by atoms with Gasteiger partial charge in [0.1, 0.15) is 0 Å². The predicted molar refractivity (Wildman–Crippen MR) is 72.2 cm³/mol. The molecule has 21 heavy (non-hydrogen) atoms. The van der Waals surface area contributed by atoms with E-state index < -0.39 is 12.2 Å². The van der Waals surface area contributed by atoms with Gasteiger partial charge < -0.3 is 20.5 Å². The number of rotatable bonds is 7. The van der Waals surface area contributed by atoms with Gasteiger partial charge in [0.15, 0.2) is 11.5 Å². The molecule has 0 bridgehead atoms. The van der Waals surface area contributed by atoms with E-state index in [1.165, 1.54) is 6.07 Å². The second kappa shape index (κ2) is 6.26. The van der Waals surface area contributed by atoms with Gasteiger partial charge >= 0.3 is 6.61 Å². The van der Waals surface area contributed by atoms with Crippen LogP contribution in [-0.4, -0.2) is 24.7 Å². The van der Waals surface area contributed by atoms with E-state index in [2.05, 4.69) is 10.1 Å². The van der Waals surface area contributed by atoms with Crippen molar-refractivity contribution in [2.75, 3.05) is 6.61 Å². The fourth-order valence-corrected chi connectivity index (χ4v) is 1.84. The molecule has 0 aliphatic heterocycles. The number of hydrogen-bond donors (Lipinski definition) is 2. The van der Waals surface area contributed by atoms with E-state index in [4.69, 9.17) is 10.5 Å². The predicted octanol–water partition coefficient (Wildman–Crippen LogP) is 1.79. The summed E-state index contributed by atoms with van der Waals surface area (Å²) in [5.41, 5.74) is 5.76. The highest BCUT2D eigenvalue weighted by atomic mass is 19.3. The van der Waals surface area contributed by atoms with Crippen LogP contribution in [0.5, 0.6) is 11.5 Å². The van der Waals surface area contributed by atoms with E-state index in [1.807, 2.05) is 0 Å². The van der Waals surface area contributed by atoms with Gasteiger partial charge in [0.25, 0.3) is 0 Å². The zero-order chi connectivity index (χ0) is 15.5. The van der Waals surface area contributed by atoms with Crippen molar-refractivity contribution in [2.45, 2.75) is 38.5 Å². The minimum atomic E-state index is -2.92. The van der Waals surface area contributed by atoms with Gasteiger partial charge in [-0.25, -0.2) is 0 Å². The van der Waals surface area contributed by atoms with Crippen molar-refractivity contribution in [3.63, 3.8) is 0 Å². The molecule has 0 unspecified atom stereocenters. The van der Waals surface area contributed by atoms with Gasteiger partial charge in [-0.05, 0) is 37.5 Å². The monoisotopic (exact) mass is 300 g/mol. The number of amides is 1. The Morgan fingerprint density at radius 3 is 2.71 bits per heavy atom. The van der Waals surface area contributed by atoms with Crippen molar-refractivity contribution in [3.8, 4) is 11.5 Å². The molecule has 3 N–H and O–H groups in total. The highest BCUT2D eigenvalue weighted by molar-refractivity contribution is 5.88. The van der Waals surface area contributed by atoms with Gasteiger partial charge in [-0.15, -0.1) is 0 Å². The Morgan fingerprint density at radius 1 is 1.43 bits per heavy atom. The van der Waals surface area contributed by atoms with Crippen LogP contribution in [0.15, 0.2) is 18.2 Å². The molecule has 2 rings (SSSR count). The van der Waals surface area contributed by atoms with Crippen LogP contribution in [0.25, 0.3) is 0 Å². The third-order valence-corrected chi connectivity index (χ3v) is 3.22. The van der Waals surface area contributed by atoms with Crippen molar-refractivity contribution in [1.82, 2.24) is 5.32 Å². The van der Waals surface area contributed by atoms with Gasteiger partial charge in [0, 0.05) is 6.54 Å². The number of nitrogens with one attached hydrogen (secondary N) is 1. The molecular formula is C14H18F2N2O3. The number of carbonyl (C=O) groups excluding carboxylic acids is 1. The first-order valence-corrected chi connectivity index (χ1v) is 6.72. The van der Waals surface area contributed by atoms with Gasteiger partial charge in [-0.2, -0.15) is 8.78 Å². The summed E-state index contributed by atoms with van der Waals surface area (Å²) in [6.07, 6.45) is 1.37. The number of nitrogens with two attached hydrogens (primary N) is 1. The van der Waals surface area contributed by atoms with E-state index in [9.17, 15) is 13.6 Å². The number of halogens is 2. The summed E-state index contributed by atoms with van der Waals surface area (Å²) in [7, 11) is 0. The first-order chi connectivity index (χ1) is 9.94. The highest BCUT2D eigenvalue weighted by Gasteiger charge is 2.45. The molecule has 0 radical (unpaired) electrons. The third kappa shape index (κ3) is 4.04. The molecule has 116 valence electrons. The van der Waals surface area contributed by atoms with Gasteiger partial charge in [0.2, 0.25) is 5.91 Å². The molecule has 5 nitrogen and oxygen atoms in total. The summed E-state index contributed by atoms with van der Waals surface area (Å²) >= 11 is 0. The number of benzene rings is 1. The van der Waals surface area contributed by atoms with Crippen LogP contribution >= 0.6 is 0 Å². The highest BCUT2D eigenvalue weighted by Crippen LogP contribution is 2.33. The van der Waals surface area contributed by atoms with E-state index in [-0.39, 0.29) is 24.0 Å². The zero-order valence-electron chi connectivity index (χ0n) is 11.7. The first-order valence-electron chi connectivity index (χ1n) is 6.72. The van der Waals surface area contributed by atoms with Crippen LogP contribution in [0, 0.1) is 0 Å². The topological polar surface area (TPSA) is 73.6 Å². The van der Waals surface area contributed by atoms with Gasteiger partial charge in [0.05, 0.1) is 12.1 Å². The smallest absolute Gasteiger partial charge is 0.387 e. The maximum atomic E-state index is 12.3. The Morgan fingerprint density at radius 2 is 2.14 bits per heavy atom. The molecule has 1 aliphatic carbocycles. The minimum Gasteiger partial charge on any atom is -0.490 e. The second-order valence-electron chi connectivity index (χ2n) is 4.93. The Hall–Kier alpha value is -1.89. The number of carbonyl (C=O) groups is 1. The molecule has 7 heteroatoms. The minimum absolute atomic E-state index is 0.0283. The van der Waals surface area contributed by atoms with Crippen LogP contribution in [-0.2, 0) is 11.3 Å². The van der Waals surface area contributed by atoms with E-state index >= 15 is 0 Å². The molecule has 1 aliphatic rings. The number of ether oxygens (including phenoxy) is 2. The largest absolute Gasteiger partial charge is 0.490 e. The summed E-state index contributed by atoms with van der Waals surface area (Å²) < 4.78 is 34.2. The zero-order valence-corrected chi connectivity index (χ0v) is 11.7. The molecule has 1 amide bonds. The summed E-state index contributed by atoms with van der Waals surface area (Å²) in [5, 5.41) is 2.72. The van der Waals surface area contributed by atoms with Crippen molar-refractivity contribution in [2.24, 2.45) is 5.73 Å². The molecule has 1 fully saturated rings. The molecule has 0 spiro atoms. The Labute approximate surface area is 121 Å². The fourth-order valence-electron chi connectivity index (χ4n) is 1.84. The van der Waals surface area contributed by atoms with Crippen molar-refractivity contribution in [3.05, 3.63) is 23.8 Å². The molecule has 0 aromatic heterocycles. The first kappa shape index (κ1) is 15.5. The van der Waals surface area contributed by atoms with Crippen LogP contribution < -0.4 is 20.5 Å². The van der Waals surface area contributed by atoms with Gasteiger partial charge in [-0.3, -0.25) is 4.79 Å². The molecule has 0 heterocycles. The maximum Gasteiger partial charge on any atom is 0.387 e. The maximum absolute atomic E-state index is 12.3. The van der Waals surface area contributed by atoms with E-state index in [0.29, 0.717) is 19.4 Å². The van der Waals surface area contributed by atoms with Crippen molar-refractivity contribution < 1.29 is 23.0 Å². The lowest BCUT2D eigenvalue weighted by molar-refractivity contribution is -0.123. The number of alkyl halides is 2. The fraction of sp³-hybridized carbons (Fsp3) is 0.500. The summed E-state index contributed by atoms with van der Waals surface area (Å²) in [6.45, 7) is -0.596. The van der Waals surface area contributed by atoms with Crippen molar-refractivity contribution in [1.29, 1.82) is 0 Å². The summed E-state index contributed by atoms with van der Waals surface area (Å²) in [4.78, 5) is 11.7. The molecule has 0 atom stereocenters. The molecule has 1 aromatic rings. The van der Waals surface area contributed by atoms with Crippen LogP contribution in [0.4, 0.5) is 8.78 Å². The Balaban J connectivity index is 2.02. The quantitative estimate of drug-likeness (QED) is 0.805. The van der Waals surface area contributed by atoms with E-state index in [0.717, 1.165) is 5.56 Å². The standard InChI is InChI=1S/C14H18F2N2O3/c1-2-20-11-7-9(3-4-10(11)21-13(15)16)8-18-12(19)14(17)5-6-14/h3-4,7,13H,2,5-6,8,17H2,1H3,(H,18,19). The van der Waals surface area contributed by atoms with Crippen LogP contribution in [0.2, 0.25) is 0 Å². The van der Waals surface area contributed by atoms with E-state index in [1.54, 1.807) is 19.1 Å². The third-order valence-electron chi connectivity index (χ3n) is 3.22.